The van der Waals surface area contributed by atoms with Crippen LogP contribution in [0.15, 0.2) is 30.3 Å². The maximum atomic E-state index is 11.5. The quantitative estimate of drug-likeness (QED) is 0.876. The number of carbonyl (C=O) groups excluding carboxylic acids is 1. The van der Waals surface area contributed by atoms with Crippen molar-refractivity contribution in [3.8, 4) is 5.69 Å². The lowest BCUT2D eigenvalue weighted by Crippen LogP contribution is -2.25. The van der Waals surface area contributed by atoms with Crippen LogP contribution in [-0.2, 0) is 4.79 Å². The van der Waals surface area contributed by atoms with Crippen molar-refractivity contribution in [3.63, 3.8) is 0 Å². The molecule has 2 rings (SSSR count). The van der Waals surface area contributed by atoms with Gasteiger partial charge in [0.05, 0.1) is 17.9 Å². The highest BCUT2D eigenvalue weighted by molar-refractivity contribution is 5.92. The van der Waals surface area contributed by atoms with E-state index in [9.17, 15) is 4.79 Å². The van der Waals surface area contributed by atoms with Crippen LogP contribution < -0.4 is 10.6 Å². The minimum atomic E-state index is -0.0620. The molecule has 5 nitrogen and oxygen atoms in total. The highest BCUT2D eigenvalue weighted by atomic mass is 16.1. The first-order valence-corrected chi connectivity index (χ1v) is 6.18. The van der Waals surface area contributed by atoms with Crippen LogP contribution in [0.25, 0.3) is 5.69 Å². The minimum absolute atomic E-state index is 0.0620. The summed E-state index contributed by atoms with van der Waals surface area (Å²) < 4.78 is 1.86. The number of benzene rings is 1. The van der Waals surface area contributed by atoms with Crippen molar-refractivity contribution < 1.29 is 4.79 Å². The molecule has 0 atom stereocenters. The van der Waals surface area contributed by atoms with Crippen LogP contribution in [0, 0.1) is 13.8 Å². The molecule has 0 bridgehead atoms. The van der Waals surface area contributed by atoms with Crippen molar-refractivity contribution >= 4 is 11.6 Å². The van der Waals surface area contributed by atoms with Gasteiger partial charge in [-0.2, -0.15) is 5.10 Å². The summed E-state index contributed by atoms with van der Waals surface area (Å²) in [7, 11) is 1.74. The molecule has 0 aliphatic heterocycles. The molecule has 1 aromatic carbocycles. The smallest absolute Gasteiger partial charge is 0.238 e. The summed E-state index contributed by atoms with van der Waals surface area (Å²) in [5.74, 6) is -0.0620. The van der Waals surface area contributed by atoms with E-state index in [0.29, 0.717) is 6.54 Å². The van der Waals surface area contributed by atoms with Crippen molar-refractivity contribution in [3.05, 3.63) is 41.7 Å². The number of nitrogens with zero attached hydrogens (tertiary/aromatic N) is 2. The first-order valence-electron chi connectivity index (χ1n) is 6.18. The lowest BCUT2D eigenvalue weighted by Gasteiger charge is -2.08. The Balaban J connectivity index is 2.24. The standard InChI is InChI=1S/C14H18N4O/c1-10-7-11(2)18(17-10)13-6-4-5-12(8-13)16-14(19)9-15-3/h4-8,15H,9H2,1-3H3,(H,16,19). The Hall–Kier alpha value is -2.14. The zero-order chi connectivity index (χ0) is 13.8. The number of amides is 1. The van der Waals surface area contributed by atoms with Crippen molar-refractivity contribution in [2.24, 2.45) is 0 Å². The van der Waals surface area contributed by atoms with Crippen molar-refractivity contribution in [1.82, 2.24) is 15.1 Å². The van der Waals surface area contributed by atoms with Crippen molar-refractivity contribution in [1.29, 1.82) is 0 Å². The van der Waals surface area contributed by atoms with Crippen molar-refractivity contribution in [2.75, 3.05) is 18.9 Å². The molecule has 5 heteroatoms. The minimum Gasteiger partial charge on any atom is -0.325 e. The summed E-state index contributed by atoms with van der Waals surface area (Å²) in [6, 6.07) is 9.66. The van der Waals surface area contributed by atoms with E-state index in [-0.39, 0.29) is 5.91 Å². The maximum Gasteiger partial charge on any atom is 0.238 e. The number of aryl methyl sites for hydroxylation is 2. The number of hydrogen-bond acceptors (Lipinski definition) is 3. The molecule has 0 radical (unpaired) electrons. The molecule has 0 aliphatic rings. The summed E-state index contributed by atoms with van der Waals surface area (Å²) in [6.07, 6.45) is 0. The van der Waals surface area contributed by atoms with E-state index in [1.807, 2.05) is 48.9 Å². The SMILES string of the molecule is CNCC(=O)Nc1cccc(-n2nc(C)cc2C)c1. The number of carbonyl (C=O) groups is 1. The fraction of sp³-hybridized carbons (Fsp3) is 0.286. The molecule has 1 heterocycles. The molecule has 1 amide bonds. The first kappa shape index (κ1) is 13.3. The third-order valence-electron chi connectivity index (χ3n) is 2.72. The van der Waals surface area contributed by atoms with E-state index in [4.69, 9.17) is 0 Å². The largest absolute Gasteiger partial charge is 0.325 e. The third-order valence-corrected chi connectivity index (χ3v) is 2.72. The Labute approximate surface area is 112 Å². The number of rotatable bonds is 4. The molecule has 2 aromatic rings. The number of nitrogens with one attached hydrogen (secondary N) is 2. The Morgan fingerprint density at radius 1 is 1.32 bits per heavy atom. The molecule has 2 N–H and O–H groups in total. The highest BCUT2D eigenvalue weighted by Crippen LogP contribution is 2.16. The second-order valence-electron chi connectivity index (χ2n) is 4.47. The van der Waals surface area contributed by atoms with Gasteiger partial charge in [-0.05, 0) is 45.2 Å². The average molecular weight is 258 g/mol. The van der Waals surface area contributed by atoms with E-state index in [2.05, 4.69) is 15.7 Å². The molecule has 0 spiro atoms. The van der Waals surface area contributed by atoms with Gasteiger partial charge in [0.25, 0.3) is 0 Å². The molecule has 0 saturated heterocycles. The van der Waals surface area contributed by atoms with E-state index < -0.39 is 0 Å². The van der Waals surface area contributed by atoms with Gasteiger partial charge < -0.3 is 10.6 Å². The summed E-state index contributed by atoms with van der Waals surface area (Å²) in [4.78, 5) is 11.5. The predicted molar refractivity (Wildman–Crippen MR) is 75.6 cm³/mol. The van der Waals surface area contributed by atoms with E-state index in [0.717, 1.165) is 22.8 Å². The van der Waals surface area contributed by atoms with Gasteiger partial charge in [-0.1, -0.05) is 6.07 Å². The number of hydrogen-bond donors (Lipinski definition) is 2. The molecule has 0 fully saturated rings. The molecule has 19 heavy (non-hydrogen) atoms. The summed E-state index contributed by atoms with van der Waals surface area (Å²) in [5.41, 5.74) is 3.75. The van der Waals surface area contributed by atoms with Crippen LogP contribution in [0.1, 0.15) is 11.4 Å². The molecule has 0 saturated carbocycles. The van der Waals surface area contributed by atoms with Crippen LogP contribution in [0.4, 0.5) is 5.69 Å². The highest BCUT2D eigenvalue weighted by Gasteiger charge is 2.05. The van der Waals surface area contributed by atoms with Gasteiger partial charge in [0.15, 0.2) is 0 Å². The average Bonchev–Trinajstić information content (AvgIpc) is 2.69. The maximum absolute atomic E-state index is 11.5. The van der Waals surface area contributed by atoms with Crippen LogP contribution >= 0.6 is 0 Å². The zero-order valence-electron chi connectivity index (χ0n) is 11.4. The van der Waals surface area contributed by atoms with Crippen LogP contribution in [0.5, 0.6) is 0 Å². The lowest BCUT2D eigenvalue weighted by molar-refractivity contribution is -0.115. The topological polar surface area (TPSA) is 59.0 Å². The predicted octanol–water partition coefficient (Wildman–Crippen LogP) is 1.65. The number of anilines is 1. The molecule has 0 aliphatic carbocycles. The van der Waals surface area contributed by atoms with Gasteiger partial charge in [0, 0.05) is 11.4 Å². The van der Waals surface area contributed by atoms with E-state index >= 15 is 0 Å². The summed E-state index contributed by atoms with van der Waals surface area (Å²) in [5, 5.41) is 10.1. The second-order valence-corrected chi connectivity index (χ2v) is 4.47. The molecular formula is C14H18N4O. The lowest BCUT2D eigenvalue weighted by atomic mass is 10.2. The summed E-state index contributed by atoms with van der Waals surface area (Å²) in [6.45, 7) is 4.26. The molecule has 100 valence electrons. The Morgan fingerprint density at radius 3 is 2.74 bits per heavy atom. The summed E-state index contributed by atoms with van der Waals surface area (Å²) >= 11 is 0. The van der Waals surface area contributed by atoms with Gasteiger partial charge in [-0.15, -0.1) is 0 Å². The van der Waals surface area contributed by atoms with E-state index in [1.54, 1.807) is 7.05 Å². The van der Waals surface area contributed by atoms with Crippen molar-refractivity contribution in [2.45, 2.75) is 13.8 Å². The van der Waals surface area contributed by atoms with Gasteiger partial charge in [0.2, 0.25) is 5.91 Å². The van der Waals surface area contributed by atoms with E-state index in [1.165, 1.54) is 0 Å². The third kappa shape index (κ3) is 3.20. The monoisotopic (exact) mass is 258 g/mol. The number of aromatic nitrogens is 2. The molecule has 1 aromatic heterocycles. The van der Waals surface area contributed by atoms with Gasteiger partial charge in [-0.3, -0.25) is 4.79 Å². The fourth-order valence-electron chi connectivity index (χ4n) is 1.97. The normalized spacial score (nSPS) is 10.5. The first-order chi connectivity index (χ1) is 9.10. The van der Waals surface area contributed by atoms with Gasteiger partial charge in [-0.25, -0.2) is 4.68 Å². The Kier molecular flexibility index (Phi) is 3.97. The van der Waals surface area contributed by atoms with Crippen LogP contribution in [0.3, 0.4) is 0 Å². The fourth-order valence-corrected chi connectivity index (χ4v) is 1.97. The second kappa shape index (κ2) is 5.67. The Bertz CT molecular complexity index is 589. The molecule has 0 unspecified atom stereocenters. The van der Waals surface area contributed by atoms with Gasteiger partial charge in [0.1, 0.15) is 0 Å². The zero-order valence-corrected chi connectivity index (χ0v) is 11.4. The van der Waals surface area contributed by atoms with Gasteiger partial charge >= 0.3 is 0 Å². The van der Waals surface area contributed by atoms with Crippen LogP contribution in [0.2, 0.25) is 0 Å². The number of likely N-dealkylation sites (N-methyl/N-ethyl adjacent to an activating group) is 1. The molecular weight excluding hydrogens is 240 g/mol. The Morgan fingerprint density at radius 2 is 2.11 bits per heavy atom. The van der Waals surface area contributed by atoms with Crippen LogP contribution in [-0.4, -0.2) is 29.3 Å².